The molecule has 0 fully saturated rings. The number of nitrogens with one attached hydrogen (secondary N) is 1. The summed E-state index contributed by atoms with van der Waals surface area (Å²) in [5.74, 6) is 2.21. The molecule has 4 nitrogen and oxygen atoms in total. The normalized spacial score (nSPS) is 10.9. The van der Waals surface area contributed by atoms with Crippen LogP contribution in [0.25, 0.3) is 0 Å². The number of carbonyl (C=O) groups is 1. The van der Waals surface area contributed by atoms with Crippen LogP contribution >= 0.6 is 23.4 Å². The molecule has 0 bridgehead atoms. The van der Waals surface area contributed by atoms with Gasteiger partial charge < -0.3 is 9.84 Å². The fourth-order valence-electron chi connectivity index (χ4n) is 1.79. The van der Waals surface area contributed by atoms with Gasteiger partial charge in [-0.2, -0.15) is 0 Å². The number of rotatable bonds is 7. The molecule has 0 unspecified atom stereocenters. The Morgan fingerprint density at radius 2 is 2.18 bits per heavy atom. The van der Waals surface area contributed by atoms with E-state index in [2.05, 4.69) is 10.5 Å². The molecule has 22 heavy (non-hydrogen) atoms. The van der Waals surface area contributed by atoms with Crippen LogP contribution in [0, 0.1) is 0 Å². The van der Waals surface area contributed by atoms with Gasteiger partial charge in [0.25, 0.3) is 0 Å². The van der Waals surface area contributed by atoms with Crippen LogP contribution in [0.2, 0.25) is 5.02 Å². The number of benzene rings is 1. The van der Waals surface area contributed by atoms with Crippen molar-refractivity contribution in [3.8, 4) is 0 Å². The monoisotopic (exact) mass is 338 g/mol. The molecule has 1 heterocycles. The average Bonchev–Trinajstić information content (AvgIpc) is 2.96. The molecule has 0 aliphatic rings. The summed E-state index contributed by atoms with van der Waals surface area (Å²) in [4.78, 5) is 11.8. The molecular formula is C16H19ClN2O2S. The molecule has 0 aliphatic heterocycles. The van der Waals surface area contributed by atoms with Crippen molar-refractivity contribution in [2.75, 3.05) is 5.75 Å². The first-order chi connectivity index (χ1) is 10.6. The molecule has 0 saturated heterocycles. The minimum atomic E-state index is -0.0221. The lowest BCUT2D eigenvalue weighted by atomic mass is 10.1. The highest BCUT2D eigenvalue weighted by Crippen LogP contribution is 2.20. The van der Waals surface area contributed by atoms with Gasteiger partial charge in [-0.1, -0.05) is 48.8 Å². The predicted octanol–water partition coefficient (Wildman–Crippen LogP) is 4.00. The topological polar surface area (TPSA) is 55.1 Å². The van der Waals surface area contributed by atoms with Gasteiger partial charge in [0.1, 0.15) is 11.5 Å². The van der Waals surface area contributed by atoms with E-state index in [1.165, 1.54) is 11.8 Å². The van der Waals surface area contributed by atoms with Crippen LogP contribution in [0.5, 0.6) is 0 Å². The van der Waals surface area contributed by atoms with Gasteiger partial charge >= 0.3 is 0 Å². The molecule has 2 aromatic rings. The van der Waals surface area contributed by atoms with Crippen molar-refractivity contribution in [2.24, 2.45) is 0 Å². The third kappa shape index (κ3) is 5.07. The molecule has 1 N–H and O–H groups in total. The first-order valence-corrected chi connectivity index (χ1v) is 8.63. The molecule has 118 valence electrons. The molecule has 0 radical (unpaired) electrons. The van der Waals surface area contributed by atoms with Gasteiger partial charge in [0.05, 0.1) is 12.3 Å². The summed E-state index contributed by atoms with van der Waals surface area (Å²) in [5, 5.41) is 7.51. The van der Waals surface area contributed by atoms with Crippen LogP contribution in [0.3, 0.4) is 0 Å². The van der Waals surface area contributed by atoms with E-state index in [1.54, 1.807) is 0 Å². The fraction of sp³-hybridized carbons (Fsp3) is 0.375. The van der Waals surface area contributed by atoms with E-state index in [0.29, 0.717) is 24.0 Å². The van der Waals surface area contributed by atoms with Crippen LogP contribution in [-0.2, 0) is 17.1 Å². The standard InChI is InChI=1S/C16H19ClN2O2S/c1-11(2)15-7-13(19-21-15)8-18-16(20)10-22-9-12-5-3-4-6-14(12)17/h3-7,11H,8-10H2,1-2H3,(H,18,20). The van der Waals surface area contributed by atoms with Crippen molar-refractivity contribution < 1.29 is 9.32 Å². The van der Waals surface area contributed by atoms with Crippen molar-refractivity contribution in [3.63, 3.8) is 0 Å². The van der Waals surface area contributed by atoms with Crippen LogP contribution in [-0.4, -0.2) is 16.8 Å². The van der Waals surface area contributed by atoms with Crippen LogP contribution in [0.1, 0.15) is 36.8 Å². The maximum Gasteiger partial charge on any atom is 0.230 e. The third-order valence-corrected chi connectivity index (χ3v) is 4.41. The summed E-state index contributed by atoms with van der Waals surface area (Å²) in [5.41, 5.74) is 1.79. The predicted molar refractivity (Wildman–Crippen MR) is 90.1 cm³/mol. The molecular weight excluding hydrogens is 320 g/mol. The molecule has 1 amide bonds. The van der Waals surface area contributed by atoms with Gasteiger partial charge in [0.15, 0.2) is 0 Å². The Bertz CT molecular complexity index is 628. The lowest BCUT2D eigenvalue weighted by Crippen LogP contribution is -2.24. The van der Waals surface area contributed by atoms with E-state index < -0.39 is 0 Å². The summed E-state index contributed by atoms with van der Waals surface area (Å²) in [6.07, 6.45) is 0. The molecule has 1 aromatic heterocycles. The number of hydrogen-bond donors (Lipinski definition) is 1. The summed E-state index contributed by atoms with van der Waals surface area (Å²) in [6, 6.07) is 9.54. The van der Waals surface area contributed by atoms with Crippen LogP contribution in [0.4, 0.5) is 0 Å². The Labute approximate surface area is 139 Å². The molecule has 0 aliphatic carbocycles. The van der Waals surface area contributed by atoms with Crippen molar-refractivity contribution in [1.82, 2.24) is 10.5 Å². The SMILES string of the molecule is CC(C)c1cc(CNC(=O)CSCc2ccccc2Cl)no1. The molecule has 6 heteroatoms. The summed E-state index contributed by atoms with van der Waals surface area (Å²) in [6.45, 7) is 4.46. The van der Waals surface area contributed by atoms with Crippen molar-refractivity contribution in [3.05, 3.63) is 52.4 Å². The van der Waals surface area contributed by atoms with Crippen LogP contribution in [0.15, 0.2) is 34.9 Å². The first-order valence-electron chi connectivity index (χ1n) is 7.09. The third-order valence-electron chi connectivity index (χ3n) is 3.06. The van der Waals surface area contributed by atoms with E-state index >= 15 is 0 Å². The summed E-state index contributed by atoms with van der Waals surface area (Å²) >= 11 is 7.61. The molecule has 0 saturated carbocycles. The number of hydrogen-bond acceptors (Lipinski definition) is 4. The van der Waals surface area contributed by atoms with Gasteiger partial charge in [-0.05, 0) is 11.6 Å². The first kappa shape index (κ1) is 16.9. The van der Waals surface area contributed by atoms with Crippen molar-refractivity contribution >= 4 is 29.3 Å². The number of thioether (sulfide) groups is 1. The van der Waals surface area contributed by atoms with Crippen LogP contribution < -0.4 is 5.32 Å². The average molecular weight is 339 g/mol. The smallest absolute Gasteiger partial charge is 0.230 e. The largest absolute Gasteiger partial charge is 0.361 e. The van der Waals surface area contributed by atoms with Crippen molar-refractivity contribution in [1.29, 1.82) is 0 Å². The lowest BCUT2D eigenvalue weighted by Gasteiger charge is -2.04. The maximum atomic E-state index is 11.8. The Kier molecular flexibility index (Phi) is 6.34. The summed E-state index contributed by atoms with van der Waals surface area (Å²) < 4.78 is 5.19. The van der Waals surface area contributed by atoms with Gasteiger partial charge in [-0.25, -0.2) is 0 Å². The minimum Gasteiger partial charge on any atom is -0.361 e. The van der Waals surface area contributed by atoms with E-state index in [0.717, 1.165) is 22.0 Å². The van der Waals surface area contributed by atoms with Gasteiger partial charge in [0, 0.05) is 22.8 Å². The highest BCUT2D eigenvalue weighted by atomic mass is 35.5. The zero-order chi connectivity index (χ0) is 15.9. The second-order valence-electron chi connectivity index (χ2n) is 5.24. The Morgan fingerprint density at radius 1 is 1.41 bits per heavy atom. The number of nitrogens with zero attached hydrogens (tertiary/aromatic N) is 1. The Hall–Kier alpha value is -1.46. The second-order valence-corrected chi connectivity index (χ2v) is 6.63. The zero-order valence-corrected chi connectivity index (χ0v) is 14.2. The number of carbonyl (C=O) groups excluding carboxylic acids is 1. The van der Waals surface area contributed by atoms with Crippen molar-refractivity contribution in [2.45, 2.75) is 32.1 Å². The highest BCUT2D eigenvalue weighted by molar-refractivity contribution is 7.99. The quantitative estimate of drug-likeness (QED) is 0.829. The lowest BCUT2D eigenvalue weighted by molar-refractivity contribution is -0.118. The van der Waals surface area contributed by atoms with E-state index in [1.807, 2.05) is 44.2 Å². The Morgan fingerprint density at radius 3 is 2.86 bits per heavy atom. The molecule has 0 spiro atoms. The maximum absolute atomic E-state index is 11.8. The van der Waals surface area contributed by atoms with Gasteiger partial charge in [0.2, 0.25) is 5.91 Å². The highest BCUT2D eigenvalue weighted by Gasteiger charge is 2.09. The fourth-order valence-corrected chi connectivity index (χ4v) is 2.94. The number of aromatic nitrogens is 1. The van der Waals surface area contributed by atoms with E-state index in [4.69, 9.17) is 16.1 Å². The summed E-state index contributed by atoms with van der Waals surface area (Å²) in [7, 11) is 0. The molecule has 2 rings (SSSR count). The number of halogens is 1. The van der Waals surface area contributed by atoms with Gasteiger partial charge in [-0.15, -0.1) is 11.8 Å². The number of amides is 1. The Balaban J connectivity index is 1.70. The molecule has 0 atom stereocenters. The van der Waals surface area contributed by atoms with E-state index in [-0.39, 0.29) is 5.91 Å². The zero-order valence-electron chi connectivity index (χ0n) is 12.6. The minimum absolute atomic E-state index is 0.0221. The second kappa shape index (κ2) is 8.25. The van der Waals surface area contributed by atoms with Gasteiger partial charge in [-0.3, -0.25) is 4.79 Å². The molecule has 1 aromatic carbocycles. The van der Waals surface area contributed by atoms with E-state index in [9.17, 15) is 4.79 Å².